The maximum atomic E-state index is 8.45. The molecule has 0 spiro atoms. The molecule has 1 N–H and O–H groups in total. The summed E-state index contributed by atoms with van der Waals surface area (Å²) < 4.78 is 5.45. The van der Waals surface area contributed by atoms with Crippen LogP contribution in [0.25, 0.3) is 0 Å². The van der Waals surface area contributed by atoms with Crippen molar-refractivity contribution in [1.29, 1.82) is 0 Å². The summed E-state index contributed by atoms with van der Waals surface area (Å²) in [4.78, 5) is 0. The molecule has 0 amide bonds. The Morgan fingerprint density at radius 3 is 2.80 bits per heavy atom. The fourth-order valence-electron chi connectivity index (χ4n) is 1.04. The Balaban J connectivity index is 1.90. The van der Waals surface area contributed by atoms with E-state index in [1.165, 1.54) is 12.8 Å². The van der Waals surface area contributed by atoms with E-state index >= 15 is 0 Å². The summed E-state index contributed by atoms with van der Waals surface area (Å²) in [6.07, 6.45) is 3.86. The number of aliphatic hydroxyl groups is 1. The number of aliphatic hydroxyl groups excluding tert-OH is 1. The summed E-state index contributed by atoms with van der Waals surface area (Å²) in [7, 11) is 0. The third-order valence-electron chi connectivity index (χ3n) is 1.97. The molecular formula is C8H16O2. The second kappa shape index (κ2) is 3.94. The quantitative estimate of drug-likeness (QED) is 0.587. The Morgan fingerprint density at radius 1 is 1.60 bits per heavy atom. The lowest BCUT2D eigenvalue weighted by molar-refractivity contribution is 0.0423. The zero-order valence-corrected chi connectivity index (χ0v) is 6.55. The van der Waals surface area contributed by atoms with Gasteiger partial charge in [-0.1, -0.05) is 0 Å². The van der Waals surface area contributed by atoms with Crippen LogP contribution in [-0.4, -0.2) is 24.4 Å². The SMILES string of the molecule is CC(OCCCO)C1CC1. The predicted octanol–water partition coefficient (Wildman–Crippen LogP) is 1.18. The molecule has 0 heterocycles. The minimum Gasteiger partial charge on any atom is -0.396 e. The van der Waals surface area contributed by atoms with Crippen LogP contribution in [-0.2, 0) is 4.74 Å². The van der Waals surface area contributed by atoms with Gasteiger partial charge in [-0.15, -0.1) is 0 Å². The molecule has 0 radical (unpaired) electrons. The summed E-state index contributed by atoms with van der Waals surface area (Å²) in [6, 6.07) is 0. The van der Waals surface area contributed by atoms with Crippen molar-refractivity contribution in [2.24, 2.45) is 5.92 Å². The van der Waals surface area contributed by atoms with Crippen LogP contribution in [0.1, 0.15) is 26.2 Å². The van der Waals surface area contributed by atoms with E-state index in [-0.39, 0.29) is 6.61 Å². The molecule has 1 aliphatic carbocycles. The zero-order chi connectivity index (χ0) is 7.40. The zero-order valence-electron chi connectivity index (χ0n) is 6.55. The third-order valence-corrected chi connectivity index (χ3v) is 1.97. The van der Waals surface area contributed by atoms with E-state index in [1.54, 1.807) is 0 Å². The van der Waals surface area contributed by atoms with Gasteiger partial charge in [0.05, 0.1) is 6.10 Å². The van der Waals surface area contributed by atoms with Gasteiger partial charge in [0.2, 0.25) is 0 Å². The maximum absolute atomic E-state index is 8.45. The monoisotopic (exact) mass is 144 g/mol. The molecule has 1 atom stereocenters. The first-order chi connectivity index (χ1) is 4.84. The first-order valence-corrected chi connectivity index (χ1v) is 4.07. The molecule has 0 bridgehead atoms. The highest BCUT2D eigenvalue weighted by Crippen LogP contribution is 2.33. The van der Waals surface area contributed by atoms with Crippen LogP contribution in [0.5, 0.6) is 0 Å². The average Bonchev–Trinajstić information content (AvgIpc) is 2.69. The molecule has 2 nitrogen and oxygen atoms in total. The number of ether oxygens (including phenoxy) is 1. The van der Waals surface area contributed by atoms with Gasteiger partial charge in [0.1, 0.15) is 0 Å². The Morgan fingerprint density at radius 2 is 2.30 bits per heavy atom. The third kappa shape index (κ3) is 2.67. The van der Waals surface area contributed by atoms with Crippen LogP contribution in [0, 0.1) is 5.92 Å². The molecule has 1 aliphatic rings. The molecule has 1 rings (SSSR count). The molecule has 1 saturated carbocycles. The molecule has 2 heteroatoms. The van der Waals surface area contributed by atoms with Crippen molar-refractivity contribution in [3.8, 4) is 0 Å². The highest BCUT2D eigenvalue weighted by Gasteiger charge is 2.28. The summed E-state index contributed by atoms with van der Waals surface area (Å²) in [5.41, 5.74) is 0. The van der Waals surface area contributed by atoms with Crippen LogP contribution in [0.3, 0.4) is 0 Å². The minimum absolute atomic E-state index is 0.247. The topological polar surface area (TPSA) is 29.5 Å². The van der Waals surface area contributed by atoms with Gasteiger partial charge in [0, 0.05) is 13.2 Å². The second-order valence-electron chi connectivity index (χ2n) is 2.99. The first-order valence-electron chi connectivity index (χ1n) is 4.07. The largest absolute Gasteiger partial charge is 0.396 e. The number of rotatable bonds is 5. The van der Waals surface area contributed by atoms with Crippen molar-refractivity contribution < 1.29 is 9.84 Å². The fourth-order valence-corrected chi connectivity index (χ4v) is 1.04. The minimum atomic E-state index is 0.247. The van der Waals surface area contributed by atoms with Crippen molar-refractivity contribution >= 4 is 0 Å². The Kier molecular flexibility index (Phi) is 3.16. The molecule has 10 heavy (non-hydrogen) atoms. The van der Waals surface area contributed by atoms with Gasteiger partial charge in [-0.05, 0) is 32.1 Å². The smallest absolute Gasteiger partial charge is 0.0575 e. The lowest BCUT2D eigenvalue weighted by atomic mass is 10.3. The van der Waals surface area contributed by atoms with Gasteiger partial charge in [0.25, 0.3) is 0 Å². The number of hydrogen-bond acceptors (Lipinski definition) is 2. The van der Waals surface area contributed by atoms with Crippen molar-refractivity contribution in [3.63, 3.8) is 0 Å². The molecule has 1 fully saturated rings. The van der Waals surface area contributed by atoms with Crippen LogP contribution in [0.2, 0.25) is 0 Å². The molecule has 0 aromatic heterocycles. The van der Waals surface area contributed by atoms with Crippen LogP contribution < -0.4 is 0 Å². The van der Waals surface area contributed by atoms with E-state index < -0.39 is 0 Å². The second-order valence-corrected chi connectivity index (χ2v) is 2.99. The van der Waals surface area contributed by atoms with E-state index in [2.05, 4.69) is 6.92 Å². The molecule has 0 aromatic carbocycles. The Labute approximate surface area is 62.2 Å². The van der Waals surface area contributed by atoms with Gasteiger partial charge in [-0.25, -0.2) is 0 Å². The first kappa shape index (κ1) is 8.02. The lowest BCUT2D eigenvalue weighted by Crippen LogP contribution is -2.11. The van der Waals surface area contributed by atoms with Crippen molar-refractivity contribution in [2.75, 3.05) is 13.2 Å². The average molecular weight is 144 g/mol. The van der Waals surface area contributed by atoms with Gasteiger partial charge in [-0.3, -0.25) is 0 Å². The lowest BCUT2D eigenvalue weighted by Gasteiger charge is -2.10. The molecular weight excluding hydrogens is 128 g/mol. The molecule has 60 valence electrons. The highest BCUT2D eigenvalue weighted by atomic mass is 16.5. The standard InChI is InChI=1S/C8H16O2/c1-7(8-3-4-8)10-6-2-5-9/h7-9H,2-6H2,1H3. The van der Waals surface area contributed by atoms with E-state index in [9.17, 15) is 0 Å². The number of hydrogen-bond donors (Lipinski definition) is 1. The van der Waals surface area contributed by atoms with Crippen molar-refractivity contribution in [1.82, 2.24) is 0 Å². The van der Waals surface area contributed by atoms with Gasteiger partial charge in [0.15, 0.2) is 0 Å². The van der Waals surface area contributed by atoms with Crippen LogP contribution in [0.15, 0.2) is 0 Å². The van der Waals surface area contributed by atoms with Gasteiger partial charge >= 0.3 is 0 Å². The molecule has 0 aromatic rings. The maximum Gasteiger partial charge on any atom is 0.0575 e. The van der Waals surface area contributed by atoms with E-state index in [4.69, 9.17) is 9.84 Å². The predicted molar refractivity (Wildman–Crippen MR) is 39.8 cm³/mol. The van der Waals surface area contributed by atoms with E-state index in [0.29, 0.717) is 12.7 Å². The van der Waals surface area contributed by atoms with Crippen molar-refractivity contribution in [3.05, 3.63) is 0 Å². The van der Waals surface area contributed by atoms with E-state index in [1.807, 2.05) is 0 Å². The summed E-state index contributed by atoms with van der Waals surface area (Å²) >= 11 is 0. The normalized spacial score (nSPS) is 21.0. The van der Waals surface area contributed by atoms with Crippen molar-refractivity contribution in [2.45, 2.75) is 32.3 Å². The van der Waals surface area contributed by atoms with Crippen LogP contribution >= 0.6 is 0 Å². The van der Waals surface area contributed by atoms with Gasteiger partial charge in [-0.2, -0.15) is 0 Å². The van der Waals surface area contributed by atoms with E-state index in [0.717, 1.165) is 12.3 Å². The Hall–Kier alpha value is -0.0800. The summed E-state index contributed by atoms with van der Waals surface area (Å²) in [6.45, 7) is 3.08. The highest BCUT2D eigenvalue weighted by molar-refractivity contribution is 4.78. The summed E-state index contributed by atoms with van der Waals surface area (Å²) in [5.74, 6) is 0.818. The van der Waals surface area contributed by atoms with Crippen LogP contribution in [0.4, 0.5) is 0 Å². The fraction of sp³-hybridized carbons (Fsp3) is 1.00. The molecule has 0 saturated heterocycles. The van der Waals surface area contributed by atoms with Gasteiger partial charge < -0.3 is 9.84 Å². The molecule has 0 aliphatic heterocycles. The molecule has 1 unspecified atom stereocenters. The summed E-state index contributed by atoms with van der Waals surface area (Å²) in [5, 5.41) is 8.45. The Bertz CT molecular complexity index is 89.3.